The molecule has 0 aliphatic heterocycles. The number of carbonyl (C=O) groups excluding carboxylic acids is 1. The van der Waals surface area contributed by atoms with Crippen molar-refractivity contribution in [2.24, 2.45) is 0 Å². The third-order valence-corrected chi connectivity index (χ3v) is 4.04. The lowest BCUT2D eigenvalue weighted by molar-refractivity contribution is 0.0963. The zero-order valence-electron chi connectivity index (χ0n) is 13.0. The second-order valence-corrected chi connectivity index (χ2v) is 6.03. The van der Waals surface area contributed by atoms with Gasteiger partial charge in [-0.25, -0.2) is 0 Å². The molecule has 2 aromatic rings. The summed E-state index contributed by atoms with van der Waals surface area (Å²) in [5.74, 6) is -0.0383. The maximum absolute atomic E-state index is 11.6. The number of nitrogens with one attached hydrogen (secondary N) is 1. The van der Waals surface area contributed by atoms with Crippen LogP contribution in [-0.4, -0.2) is 13.0 Å². The lowest BCUT2D eigenvalue weighted by atomic mass is 9.79. The van der Waals surface area contributed by atoms with Gasteiger partial charge in [-0.15, -0.1) is 0 Å². The van der Waals surface area contributed by atoms with E-state index in [0.29, 0.717) is 5.56 Å². The van der Waals surface area contributed by atoms with Crippen LogP contribution in [0.15, 0.2) is 54.6 Å². The third-order valence-electron chi connectivity index (χ3n) is 4.04. The molecule has 0 atom stereocenters. The van der Waals surface area contributed by atoms with Gasteiger partial charge < -0.3 is 5.32 Å². The summed E-state index contributed by atoms with van der Waals surface area (Å²) in [6.07, 6.45) is 2.14. The van der Waals surface area contributed by atoms with Gasteiger partial charge in [-0.2, -0.15) is 0 Å². The first kappa shape index (κ1) is 15.3. The molecule has 0 radical (unpaired) electrons. The average Bonchev–Trinajstić information content (AvgIpc) is 2.53. The zero-order chi connectivity index (χ0) is 15.3. The molecule has 0 aliphatic rings. The molecule has 2 aromatic carbocycles. The van der Waals surface area contributed by atoms with E-state index in [4.69, 9.17) is 0 Å². The van der Waals surface area contributed by atoms with Gasteiger partial charge in [0.25, 0.3) is 5.91 Å². The van der Waals surface area contributed by atoms with Gasteiger partial charge in [0, 0.05) is 12.6 Å². The van der Waals surface area contributed by atoms with E-state index in [1.54, 1.807) is 7.05 Å². The van der Waals surface area contributed by atoms with Crippen molar-refractivity contribution in [1.29, 1.82) is 0 Å². The molecule has 0 spiro atoms. The quantitative estimate of drug-likeness (QED) is 0.883. The van der Waals surface area contributed by atoms with E-state index >= 15 is 0 Å². The minimum atomic E-state index is -0.0383. The summed E-state index contributed by atoms with van der Waals surface area (Å²) in [6, 6.07) is 18.5. The topological polar surface area (TPSA) is 29.1 Å². The Morgan fingerprint density at radius 3 is 2.19 bits per heavy atom. The standard InChI is InChI=1S/C19H23NO/c1-19(2,14-13-15-7-5-4-6-8-15)17-11-9-16(10-12-17)18(21)20-3/h4-12H,13-14H2,1-3H3,(H,20,21). The Labute approximate surface area is 127 Å². The van der Waals surface area contributed by atoms with Crippen molar-refractivity contribution in [2.75, 3.05) is 7.05 Å². The Morgan fingerprint density at radius 2 is 1.62 bits per heavy atom. The minimum Gasteiger partial charge on any atom is -0.355 e. The molecule has 2 rings (SSSR count). The molecule has 0 unspecified atom stereocenters. The summed E-state index contributed by atoms with van der Waals surface area (Å²) < 4.78 is 0. The third kappa shape index (κ3) is 3.94. The molecule has 0 saturated carbocycles. The van der Waals surface area contributed by atoms with Crippen LogP contribution < -0.4 is 5.32 Å². The van der Waals surface area contributed by atoms with Crippen molar-refractivity contribution < 1.29 is 4.79 Å². The van der Waals surface area contributed by atoms with Crippen LogP contribution in [-0.2, 0) is 11.8 Å². The number of amides is 1. The highest BCUT2D eigenvalue weighted by Crippen LogP contribution is 2.28. The Morgan fingerprint density at radius 1 is 1.00 bits per heavy atom. The van der Waals surface area contributed by atoms with Crippen LogP contribution in [0.25, 0.3) is 0 Å². The van der Waals surface area contributed by atoms with Gasteiger partial charge in [0.05, 0.1) is 0 Å². The fraction of sp³-hybridized carbons (Fsp3) is 0.316. The largest absolute Gasteiger partial charge is 0.355 e. The van der Waals surface area contributed by atoms with Crippen LogP contribution in [0.5, 0.6) is 0 Å². The molecule has 0 aromatic heterocycles. The van der Waals surface area contributed by atoms with E-state index in [-0.39, 0.29) is 11.3 Å². The van der Waals surface area contributed by atoms with Gasteiger partial charge in [-0.1, -0.05) is 56.3 Å². The van der Waals surface area contributed by atoms with Crippen LogP contribution in [0.2, 0.25) is 0 Å². The van der Waals surface area contributed by atoms with Crippen LogP contribution in [0.1, 0.15) is 41.8 Å². The number of benzene rings is 2. The highest BCUT2D eigenvalue weighted by molar-refractivity contribution is 5.93. The van der Waals surface area contributed by atoms with Gasteiger partial charge >= 0.3 is 0 Å². The van der Waals surface area contributed by atoms with Crippen LogP contribution >= 0.6 is 0 Å². The van der Waals surface area contributed by atoms with E-state index in [1.807, 2.05) is 18.2 Å². The molecule has 1 N–H and O–H groups in total. The second kappa shape index (κ2) is 6.57. The monoisotopic (exact) mass is 281 g/mol. The van der Waals surface area contributed by atoms with Crippen molar-refractivity contribution in [3.63, 3.8) is 0 Å². The summed E-state index contributed by atoms with van der Waals surface area (Å²) in [4.78, 5) is 11.6. The van der Waals surface area contributed by atoms with E-state index in [0.717, 1.165) is 12.8 Å². The zero-order valence-corrected chi connectivity index (χ0v) is 13.0. The number of hydrogen-bond acceptors (Lipinski definition) is 1. The van der Waals surface area contributed by atoms with Crippen molar-refractivity contribution >= 4 is 5.91 Å². The predicted octanol–water partition coefficient (Wildman–Crippen LogP) is 3.96. The highest BCUT2D eigenvalue weighted by atomic mass is 16.1. The van der Waals surface area contributed by atoms with Gasteiger partial charge in [-0.05, 0) is 41.5 Å². The van der Waals surface area contributed by atoms with Gasteiger partial charge in [0.15, 0.2) is 0 Å². The van der Waals surface area contributed by atoms with Crippen molar-refractivity contribution in [3.8, 4) is 0 Å². The molecule has 0 bridgehead atoms. The number of hydrogen-bond donors (Lipinski definition) is 1. The summed E-state index contributed by atoms with van der Waals surface area (Å²) in [6.45, 7) is 4.51. The molecular weight excluding hydrogens is 258 g/mol. The van der Waals surface area contributed by atoms with Gasteiger partial charge in [0.1, 0.15) is 0 Å². The molecular formula is C19H23NO. The molecule has 0 fully saturated rings. The Kier molecular flexibility index (Phi) is 4.79. The van der Waals surface area contributed by atoms with Crippen molar-refractivity contribution in [1.82, 2.24) is 5.32 Å². The van der Waals surface area contributed by atoms with Gasteiger partial charge in [0.2, 0.25) is 0 Å². The number of aryl methyl sites for hydroxylation is 1. The Bertz CT molecular complexity index is 585. The highest BCUT2D eigenvalue weighted by Gasteiger charge is 2.20. The van der Waals surface area contributed by atoms with E-state index < -0.39 is 0 Å². The molecule has 110 valence electrons. The van der Waals surface area contributed by atoms with E-state index in [9.17, 15) is 4.79 Å². The van der Waals surface area contributed by atoms with Crippen LogP contribution in [0, 0.1) is 0 Å². The maximum atomic E-state index is 11.6. The van der Waals surface area contributed by atoms with Gasteiger partial charge in [-0.3, -0.25) is 4.79 Å². The smallest absolute Gasteiger partial charge is 0.251 e. The average molecular weight is 281 g/mol. The van der Waals surface area contributed by atoms with Crippen LogP contribution in [0.4, 0.5) is 0 Å². The molecule has 2 heteroatoms. The summed E-state index contributed by atoms with van der Waals surface area (Å²) in [5.41, 5.74) is 3.44. The van der Waals surface area contributed by atoms with E-state index in [2.05, 4.69) is 55.6 Å². The lowest BCUT2D eigenvalue weighted by Gasteiger charge is -2.25. The summed E-state index contributed by atoms with van der Waals surface area (Å²) >= 11 is 0. The van der Waals surface area contributed by atoms with Crippen molar-refractivity contribution in [2.45, 2.75) is 32.1 Å². The fourth-order valence-electron chi connectivity index (χ4n) is 2.46. The minimum absolute atomic E-state index is 0.0383. The fourth-order valence-corrected chi connectivity index (χ4v) is 2.46. The van der Waals surface area contributed by atoms with Crippen LogP contribution in [0.3, 0.4) is 0 Å². The number of rotatable bonds is 5. The maximum Gasteiger partial charge on any atom is 0.251 e. The van der Waals surface area contributed by atoms with Crippen molar-refractivity contribution in [3.05, 3.63) is 71.3 Å². The molecule has 0 heterocycles. The first-order chi connectivity index (χ1) is 10.0. The SMILES string of the molecule is CNC(=O)c1ccc(C(C)(C)CCc2ccccc2)cc1. The molecule has 21 heavy (non-hydrogen) atoms. The summed E-state index contributed by atoms with van der Waals surface area (Å²) in [5, 5.41) is 2.65. The number of carbonyl (C=O) groups is 1. The first-order valence-electron chi connectivity index (χ1n) is 7.39. The normalized spacial score (nSPS) is 11.2. The first-order valence-corrected chi connectivity index (χ1v) is 7.39. The molecule has 2 nitrogen and oxygen atoms in total. The molecule has 1 amide bonds. The Balaban J connectivity index is 2.06. The second-order valence-electron chi connectivity index (χ2n) is 6.03. The molecule has 0 aliphatic carbocycles. The van der Waals surface area contributed by atoms with E-state index in [1.165, 1.54) is 11.1 Å². The lowest BCUT2D eigenvalue weighted by Crippen LogP contribution is -2.20. The predicted molar refractivity (Wildman–Crippen MR) is 87.6 cm³/mol. The summed E-state index contributed by atoms with van der Waals surface area (Å²) in [7, 11) is 1.65. The molecule has 0 saturated heterocycles. The Hall–Kier alpha value is -2.09.